The first-order chi connectivity index (χ1) is 9.00. The Bertz CT molecular complexity index is 667. The molecule has 1 aromatic carbocycles. The Kier molecular flexibility index (Phi) is 4.11. The first kappa shape index (κ1) is 13.9. The van der Waals surface area contributed by atoms with Gasteiger partial charge in [-0.2, -0.15) is 5.10 Å². The number of nitrogens with one attached hydrogen (secondary N) is 1. The molecule has 0 aliphatic heterocycles. The Hall–Kier alpha value is -1.53. The highest BCUT2D eigenvalue weighted by Crippen LogP contribution is 2.17. The van der Waals surface area contributed by atoms with Gasteiger partial charge in [-0.1, -0.05) is 29.8 Å². The standard InChI is InChI=1S/C12H14ClN3O2S/c1-2-19(17,18)15-11-7-14-16(9-11)8-10-5-3-4-6-12(10)13/h3-7,9,15H,2,8H2,1H3. The van der Waals surface area contributed by atoms with Crippen LogP contribution in [0.2, 0.25) is 5.02 Å². The number of rotatable bonds is 5. The Morgan fingerprint density at radius 3 is 2.79 bits per heavy atom. The van der Waals surface area contributed by atoms with Crippen LogP contribution in [0.25, 0.3) is 0 Å². The van der Waals surface area contributed by atoms with Crippen molar-refractivity contribution < 1.29 is 8.42 Å². The molecule has 1 N–H and O–H groups in total. The number of hydrogen-bond donors (Lipinski definition) is 1. The molecule has 19 heavy (non-hydrogen) atoms. The summed E-state index contributed by atoms with van der Waals surface area (Å²) in [5.74, 6) is 0.0304. The van der Waals surface area contributed by atoms with Crippen LogP contribution in [0.3, 0.4) is 0 Å². The van der Waals surface area contributed by atoms with E-state index in [1.54, 1.807) is 23.9 Å². The van der Waals surface area contributed by atoms with Crippen molar-refractivity contribution in [3.8, 4) is 0 Å². The second kappa shape index (κ2) is 5.63. The Morgan fingerprint density at radius 1 is 1.37 bits per heavy atom. The van der Waals surface area contributed by atoms with E-state index in [4.69, 9.17) is 11.6 Å². The van der Waals surface area contributed by atoms with Crippen molar-refractivity contribution in [2.24, 2.45) is 0 Å². The molecule has 0 aliphatic rings. The van der Waals surface area contributed by atoms with Gasteiger partial charge in [-0.25, -0.2) is 8.42 Å². The number of benzene rings is 1. The third-order valence-corrected chi connectivity index (χ3v) is 4.25. The number of nitrogens with zero attached hydrogens (tertiary/aromatic N) is 2. The molecule has 102 valence electrons. The summed E-state index contributed by atoms with van der Waals surface area (Å²) in [5.41, 5.74) is 1.38. The van der Waals surface area contributed by atoms with Gasteiger partial charge in [0.2, 0.25) is 10.0 Å². The molecule has 0 radical (unpaired) electrons. The first-order valence-corrected chi connectivity index (χ1v) is 7.79. The van der Waals surface area contributed by atoms with Gasteiger partial charge < -0.3 is 0 Å². The number of sulfonamides is 1. The SMILES string of the molecule is CCS(=O)(=O)Nc1cnn(Cc2ccccc2Cl)c1. The van der Waals surface area contributed by atoms with E-state index in [-0.39, 0.29) is 5.75 Å². The van der Waals surface area contributed by atoms with Crippen LogP contribution in [0.1, 0.15) is 12.5 Å². The van der Waals surface area contributed by atoms with E-state index in [0.717, 1.165) is 5.56 Å². The Labute approximate surface area is 117 Å². The van der Waals surface area contributed by atoms with Crippen LogP contribution in [-0.2, 0) is 16.6 Å². The molecule has 1 heterocycles. The molecule has 0 saturated carbocycles. The van der Waals surface area contributed by atoms with Gasteiger partial charge in [0.25, 0.3) is 0 Å². The van der Waals surface area contributed by atoms with Crippen LogP contribution in [0.15, 0.2) is 36.7 Å². The lowest BCUT2D eigenvalue weighted by Crippen LogP contribution is -2.14. The summed E-state index contributed by atoms with van der Waals surface area (Å²) in [6.45, 7) is 2.07. The fraction of sp³-hybridized carbons (Fsp3) is 0.250. The van der Waals surface area contributed by atoms with Crippen LogP contribution >= 0.6 is 11.6 Å². The van der Waals surface area contributed by atoms with Crippen molar-refractivity contribution in [2.45, 2.75) is 13.5 Å². The van der Waals surface area contributed by atoms with Crippen LogP contribution < -0.4 is 4.72 Å². The molecule has 2 rings (SSSR count). The van der Waals surface area contributed by atoms with Crippen molar-refractivity contribution in [3.63, 3.8) is 0 Å². The smallest absolute Gasteiger partial charge is 0.232 e. The van der Waals surface area contributed by atoms with E-state index in [0.29, 0.717) is 17.3 Å². The maximum absolute atomic E-state index is 11.4. The molecule has 7 heteroatoms. The quantitative estimate of drug-likeness (QED) is 0.921. The van der Waals surface area contributed by atoms with E-state index in [1.165, 1.54) is 6.20 Å². The largest absolute Gasteiger partial charge is 0.280 e. The fourth-order valence-electron chi connectivity index (χ4n) is 1.56. The molecule has 0 spiro atoms. The summed E-state index contributed by atoms with van der Waals surface area (Å²) in [6.07, 6.45) is 3.11. The Balaban J connectivity index is 2.12. The molecule has 0 bridgehead atoms. The van der Waals surface area contributed by atoms with E-state index >= 15 is 0 Å². The Morgan fingerprint density at radius 2 is 2.11 bits per heavy atom. The van der Waals surface area contributed by atoms with Gasteiger partial charge in [-0.3, -0.25) is 9.40 Å². The van der Waals surface area contributed by atoms with Gasteiger partial charge in [0.05, 0.1) is 24.2 Å². The molecule has 5 nitrogen and oxygen atoms in total. The maximum Gasteiger partial charge on any atom is 0.232 e. The molecule has 1 aromatic heterocycles. The summed E-state index contributed by atoms with van der Waals surface area (Å²) >= 11 is 6.06. The molecular formula is C12H14ClN3O2S. The van der Waals surface area contributed by atoms with Crippen molar-refractivity contribution in [3.05, 3.63) is 47.2 Å². The minimum absolute atomic E-state index is 0.0304. The summed E-state index contributed by atoms with van der Waals surface area (Å²) in [7, 11) is -3.27. The summed E-state index contributed by atoms with van der Waals surface area (Å²) < 4.78 is 26.9. The predicted octanol–water partition coefficient (Wildman–Crippen LogP) is 2.35. The lowest BCUT2D eigenvalue weighted by molar-refractivity contribution is 0.602. The summed E-state index contributed by atoms with van der Waals surface area (Å²) in [5, 5.41) is 4.76. The monoisotopic (exact) mass is 299 g/mol. The highest BCUT2D eigenvalue weighted by atomic mass is 35.5. The lowest BCUT2D eigenvalue weighted by Gasteiger charge is -2.04. The molecule has 2 aromatic rings. The number of aromatic nitrogens is 2. The first-order valence-electron chi connectivity index (χ1n) is 5.76. The number of anilines is 1. The van der Waals surface area contributed by atoms with Crippen LogP contribution in [-0.4, -0.2) is 24.0 Å². The predicted molar refractivity (Wildman–Crippen MR) is 75.9 cm³/mol. The van der Waals surface area contributed by atoms with Crippen molar-refractivity contribution in [1.29, 1.82) is 0 Å². The topological polar surface area (TPSA) is 64.0 Å². The molecule has 0 saturated heterocycles. The average molecular weight is 300 g/mol. The highest BCUT2D eigenvalue weighted by Gasteiger charge is 2.09. The third kappa shape index (κ3) is 3.71. The van der Waals surface area contributed by atoms with Crippen molar-refractivity contribution in [2.75, 3.05) is 10.5 Å². The zero-order chi connectivity index (χ0) is 13.9. The van der Waals surface area contributed by atoms with E-state index in [1.807, 2.05) is 18.2 Å². The fourth-order valence-corrected chi connectivity index (χ4v) is 2.36. The van der Waals surface area contributed by atoms with Crippen molar-refractivity contribution in [1.82, 2.24) is 9.78 Å². The van der Waals surface area contributed by atoms with Crippen LogP contribution in [0, 0.1) is 0 Å². The molecular weight excluding hydrogens is 286 g/mol. The zero-order valence-corrected chi connectivity index (χ0v) is 11.9. The molecule has 0 fully saturated rings. The van der Waals surface area contributed by atoms with E-state index in [9.17, 15) is 8.42 Å². The molecule has 0 aliphatic carbocycles. The summed E-state index contributed by atoms with van der Waals surface area (Å²) in [6, 6.07) is 7.46. The van der Waals surface area contributed by atoms with Gasteiger partial charge >= 0.3 is 0 Å². The zero-order valence-electron chi connectivity index (χ0n) is 10.4. The second-order valence-electron chi connectivity index (χ2n) is 4.02. The maximum atomic E-state index is 11.4. The van der Waals surface area contributed by atoms with Gasteiger partial charge in [-0.05, 0) is 18.6 Å². The number of hydrogen-bond acceptors (Lipinski definition) is 3. The second-order valence-corrected chi connectivity index (χ2v) is 6.44. The van der Waals surface area contributed by atoms with Crippen LogP contribution in [0.4, 0.5) is 5.69 Å². The normalized spacial score (nSPS) is 11.5. The van der Waals surface area contributed by atoms with E-state index in [2.05, 4.69) is 9.82 Å². The molecule has 0 unspecified atom stereocenters. The number of halogens is 1. The minimum atomic E-state index is -3.27. The molecule has 0 amide bonds. The average Bonchev–Trinajstić information content (AvgIpc) is 2.79. The minimum Gasteiger partial charge on any atom is -0.280 e. The summed E-state index contributed by atoms with van der Waals surface area (Å²) in [4.78, 5) is 0. The van der Waals surface area contributed by atoms with Gasteiger partial charge in [0.1, 0.15) is 0 Å². The van der Waals surface area contributed by atoms with E-state index < -0.39 is 10.0 Å². The van der Waals surface area contributed by atoms with Crippen LogP contribution in [0.5, 0.6) is 0 Å². The van der Waals surface area contributed by atoms with Gasteiger partial charge in [-0.15, -0.1) is 0 Å². The lowest BCUT2D eigenvalue weighted by atomic mass is 10.2. The third-order valence-electron chi connectivity index (χ3n) is 2.58. The van der Waals surface area contributed by atoms with Gasteiger partial charge in [0, 0.05) is 11.2 Å². The highest BCUT2D eigenvalue weighted by molar-refractivity contribution is 7.92. The molecule has 0 atom stereocenters. The van der Waals surface area contributed by atoms with Gasteiger partial charge in [0.15, 0.2) is 0 Å². The van der Waals surface area contributed by atoms with Crippen molar-refractivity contribution >= 4 is 27.3 Å².